The zero-order chi connectivity index (χ0) is 9.90. The summed E-state index contributed by atoms with van der Waals surface area (Å²) < 4.78 is 2.08. The van der Waals surface area contributed by atoms with E-state index in [1.165, 1.54) is 5.69 Å². The third kappa shape index (κ3) is 2.86. The van der Waals surface area contributed by atoms with Crippen LogP contribution in [0.3, 0.4) is 0 Å². The maximum Gasteiger partial charge on any atom is 0.0608 e. The van der Waals surface area contributed by atoms with Crippen LogP contribution in [0.2, 0.25) is 0 Å². The molecule has 1 rings (SSSR count). The number of hydrogen-bond donors (Lipinski definition) is 2. The molecule has 0 amide bonds. The van der Waals surface area contributed by atoms with Gasteiger partial charge in [0, 0.05) is 24.5 Å². The molecule has 0 aromatic carbocycles. The minimum absolute atomic E-state index is 0.0391. The van der Waals surface area contributed by atoms with Crippen LogP contribution in [-0.2, 0) is 13.5 Å². The van der Waals surface area contributed by atoms with E-state index in [4.69, 9.17) is 10.8 Å². The van der Waals surface area contributed by atoms with E-state index in [-0.39, 0.29) is 6.61 Å². The molecule has 0 aliphatic rings. The van der Waals surface area contributed by atoms with Crippen LogP contribution in [0, 0.1) is 0 Å². The summed E-state index contributed by atoms with van der Waals surface area (Å²) in [6.07, 6.45) is 3.74. The van der Waals surface area contributed by atoms with Crippen LogP contribution in [0.1, 0.15) is 19.0 Å². The summed E-state index contributed by atoms with van der Waals surface area (Å²) in [6.45, 7) is 1.91. The second kappa shape index (κ2) is 3.94. The van der Waals surface area contributed by atoms with E-state index in [1.807, 2.05) is 26.2 Å². The molecule has 0 radical (unpaired) electrons. The van der Waals surface area contributed by atoms with E-state index >= 15 is 0 Å². The summed E-state index contributed by atoms with van der Waals surface area (Å²) in [5.74, 6) is 0. The van der Waals surface area contributed by atoms with E-state index in [0.717, 1.165) is 12.8 Å². The molecule has 0 aliphatic carbocycles. The number of aromatic nitrogens is 1. The number of nitrogens with zero attached hydrogens (tertiary/aromatic N) is 1. The average Bonchev–Trinajstić information content (AvgIpc) is 2.48. The lowest BCUT2D eigenvalue weighted by Gasteiger charge is -2.21. The highest BCUT2D eigenvalue weighted by molar-refractivity contribution is 5.07. The number of aliphatic hydroxyl groups excluding tert-OH is 1. The maximum atomic E-state index is 8.96. The third-order valence-electron chi connectivity index (χ3n) is 2.36. The normalized spacial score (nSPS) is 15.7. The molecule has 1 heterocycles. The maximum absolute atomic E-state index is 8.96. The van der Waals surface area contributed by atoms with Gasteiger partial charge in [0.05, 0.1) is 6.61 Å². The molecular formula is C10H18N2O. The van der Waals surface area contributed by atoms with Crippen LogP contribution in [0.15, 0.2) is 18.3 Å². The van der Waals surface area contributed by atoms with Crippen LogP contribution in [0.4, 0.5) is 0 Å². The zero-order valence-corrected chi connectivity index (χ0v) is 8.33. The van der Waals surface area contributed by atoms with E-state index in [9.17, 15) is 0 Å². The number of nitrogens with two attached hydrogens (primary N) is 1. The molecule has 0 bridgehead atoms. The molecule has 0 saturated heterocycles. The van der Waals surface area contributed by atoms with Crippen LogP contribution >= 0.6 is 0 Å². The van der Waals surface area contributed by atoms with E-state index in [0.29, 0.717) is 0 Å². The molecule has 1 aromatic heterocycles. The SMILES string of the molecule is Cn1cccc1CC[C@@](C)(N)CO. The summed E-state index contributed by atoms with van der Waals surface area (Å²) in [4.78, 5) is 0. The van der Waals surface area contributed by atoms with Crippen molar-refractivity contribution in [3.05, 3.63) is 24.0 Å². The van der Waals surface area contributed by atoms with Crippen molar-refractivity contribution in [2.45, 2.75) is 25.3 Å². The lowest BCUT2D eigenvalue weighted by molar-refractivity contribution is 0.200. The van der Waals surface area contributed by atoms with E-state index in [1.54, 1.807) is 0 Å². The molecule has 1 atom stereocenters. The van der Waals surface area contributed by atoms with Gasteiger partial charge in [0.1, 0.15) is 0 Å². The summed E-state index contributed by atoms with van der Waals surface area (Å²) in [7, 11) is 2.02. The van der Waals surface area contributed by atoms with Crippen LogP contribution in [0.5, 0.6) is 0 Å². The minimum atomic E-state index is -0.454. The Labute approximate surface area is 79.2 Å². The Morgan fingerprint density at radius 2 is 2.31 bits per heavy atom. The van der Waals surface area contributed by atoms with Crippen LogP contribution in [-0.4, -0.2) is 21.8 Å². The van der Waals surface area contributed by atoms with E-state index < -0.39 is 5.54 Å². The van der Waals surface area contributed by atoms with Crippen LogP contribution < -0.4 is 5.73 Å². The highest BCUT2D eigenvalue weighted by Crippen LogP contribution is 2.10. The quantitative estimate of drug-likeness (QED) is 0.719. The number of hydrogen-bond acceptors (Lipinski definition) is 2. The van der Waals surface area contributed by atoms with Crippen molar-refractivity contribution in [3.8, 4) is 0 Å². The fourth-order valence-corrected chi connectivity index (χ4v) is 1.25. The zero-order valence-electron chi connectivity index (χ0n) is 8.33. The number of aliphatic hydroxyl groups is 1. The molecule has 1 aromatic rings. The van der Waals surface area contributed by atoms with Crippen molar-refractivity contribution >= 4 is 0 Å². The summed E-state index contributed by atoms with van der Waals surface area (Å²) in [5, 5.41) is 8.96. The average molecular weight is 182 g/mol. The van der Waals surface area contributed by atoms with Crippen molar-refractivity contribution in [1.82, 2.24) is 4.57 Å². The van der Waals surface area contributed by atoms with Gasteiger partial charge in [0.15, 0.2) is 0 Å². The molecule has 0 aliphatic heterocycles. The number of rotatable bonds is 4. The monoisotopic (exact) mass is 182 g/mol. The van der Waals surface area contributed by atoms with Gasteiger partial charge in [-0.2, -0.15) is 0 Å². The smallest absolute Gasteiger partial charge is 0.0608 e. The van der Waals surface area contributed by atoms with Crippen molar-refractivity contribution in [2.75, 3.05) is 6.61 Å². The molecule has 0 fully saturated rings. The molecule has 13 heavy (non-hydrogen) atoms. The van der Waals surface area contributed by atoms with E-state index in [2.05, 4.69) is 10.6 Å². The van der Waals surface area contributed by atoms with Gasteiger partial charge in [-0.05, 0) is 31.9 Å². The molecule has 0 spiro atoms. The predicted molar refractivity (Wildman–Crippen MR) is 53.4 cm³/mol. The number of aryl methyl sites for hydroxylation is 2. The largest absolute Gasteiger partial charge is 0.394 e. The Morgan fingerprint density at radius 1 is 1.62 bits per heavy atom. The molecule has 0 unspecified atom stereocenters. The fraction of sp³-hybridized carbons (Fsp3) is 0.600. The van der Waals surface area contributed by atoms with Gasteiger partial charge < -0.3 is 15.4 Å². The minimum Gasteiger partial charge on any atom is -0.394 e. The highest BCUT2D eigenvalue weighted by Gasteiger charge is 2.16. The third-order valence-corrected chi connectivity index (χ3v) is 2.36. The first-order valence-electron chi connectivity index (χ1n) is 4.55. The van der Waals surface area contributed by atoms with Gasteiger partial charge in [-0.15, -0.1) is 0 Å². The van der Waals surface area contributed by atoms with Crippen molar-refractivity contribution < 1.29 is 5.11 Å². The Morgan fingerprint density at radius 3 is 2.77 bits per heavy atom. The lowest BCUT2D eigenvalue weighted by atomic mass is 9.97. The first-order valence-corrected chi connectivity index (χ1v) is 4.55. The van der Waals surface area contributed by atoms with Gasteiger partial charge >= 0.3 is 0 Å². The molecule has 3 N–H and O–H groups in total. The summed E-state index contributed by atoms with van der Waals surface area (Å²) >= 11 is 0. The van der Waals surface area contributed by atoms with Crippen molar-refractivity contribution in [3.63, 3.8) is 0 Å². The van der Waals surface area contributed by atoms with Gasteiger partial charge in [-0.25, -0.2) is 0 Å². The van der Waals surface area contributed by atoms with Gasteiger partial charge in [0.25, 0.3) is 0 Å². The standard InChI is InChI=1S/C10H18N2O/c1-10(11,8-13)6-5-9-4-3-7-12(9)2/h3-4,7,13H,5-6,8,11H2,1-2H3/t10-/m1/s1. The highest BCUT2D eigenvalue weighted by atomic mass is 16.3. The first-order chi connectivity index (χ1) is 6.05. The second-order valence-corrected chi connectivity index (χ2v) is 3.92. The molecule has 74 valence electrons. The second-order valence-electron chi connectivity index (χ2n) is 3.92. The van der Waals surface area contributed by atoms with Crippen LogP contribution in [0.25, 0.3) is 0 Å². The summed E-state index contributed by atoms with van der Waals surface area (Å²) in [5.41, 5.74) is 6.62. The Bertz CT molecular complexity index is 266. The molecule has 3 heteroatoms. The molecule has 3 nitrogen and oxygen atoms in total. The van der Waals surface area contributed by atoms with Crippen molar-refractivity contribution in [1.29, 1.82) is 0 Å². The van der Waals surface area contributed by atoms with Gasteiger partial charge in [0.2, 0.25) is 0 Å². The topological polar surface area (TPSA) is 51.2 Å². The lowest BCUT2D eigenvalue weighted by Crippen LogP contribution is -2.40. The summed E-state index contributed by atoms with van der Waals surface area (Å²) in [6, 6.07) is 4.09. The van der Waals surface area contributed by atoms with Gasteiger partial charge in [-0.1, -0.05) is 0 Å². The predicted octanol–water partition coefficient (Wildman–Crippen LogP) is 0.667. The Kier molecular flexibility index (Phi) is 3.12. The first kappa shape index (κ1) is 10.3. The Hall–Kier alpha value is -0.800. The van der Waals surface area contributed by atoms with Crippen molar-refractivity contribution in [2.24, 2.45) is 12.8 Å². The fourth-order valence-electron chi connectivity index (χ4n) is 1.25. The molecular weight excluding hydrogens is 164 g/mol. The van der Waals surface area contributed by atoms with Gasteiger partial charge in [-0.3, -0.25) is 0 Å². The Balaban J connectivity index is 2.48. The molecule has 0 saturated carbocycles.